The van der Waals surface area contributed by atoms with Crippen molar-refractivity contribution in [1.82, 2.24) is 39.7 Å². The van der Waals surface area contributed by atoms with Gasteiger partial charge in [-0.25, -0.2) is 24.7 Å². The molecule has 1 fully saturated rings. The van der Waals surface area contributed by atoms with Gasteiger partial charge in [0.25, 0.3) is 5.91 Å². The van der Waals surface area contributed by atoms with Crippen LogP contribution in [0.15, 0.2) is 67.4 Å². The van der Waals surface area contributed by atoms with Gasteiger partial charge in [-0.1, -0.05) is 30.3 Å². The molecule has 1 atom stereocenters. The smallest absolute Gasteiger partial charge is 0.413 e. The van der Waals surface area contributed by atoms with Crippen LogP contribution in [0.1, 0.15) is 35.9 Å². The van der Waals surface area contributed by atoms with Gasteiger partial charge in [-0.15, -0.1) is 0 Å². The Hall–Kier alpha value is -5.30. The molecule has 0 aliphatic carbocycles. The first-order valence-electron chi connectivity index (χ1n) is 14.5. The van der Waals surface area contributed by atoms with Crippen LogP contribution in [0.5, 0.6) is 0 Å². The Morgan fingerprint density at radius 2 is 1.84 bits per heavy atom. The maximum absolute atomic E-state index is 13.1. The van der Waals surface area contributed by atoms with Crippen LogP contribution in [-0.2, 0) is 4.74 Å². The highest BCUT2D eigenvalue weighted by Gasteiger charge is 2.20. The molecule has 3 N–H and O–H groups in total. The topological polar surface area (TPSA) is 146 Å². The predicted molar refractivity (Wildman–Crippen MR) is 167 cm³/mol. The quantitative estimate of drug-likeness (QED) is 0.242. The number of hydrogen-bond donors (Lipinski definition) is 3. The molecule has 0 bridgehead atoms. The molecule has 0 unspecified atom stereocenters. The summed E-state index contributed by atoms with van der Waals surface area (Å²) in [5.74, 6) is 0.790. The molecule has 44 heavy (non-hydrogen) atoms. The highest BCUT2D eigenvalue weighted by atomic mass is 16.5. The molecule has 3 aromatic heterocycles. The third kappa shape index (κ3) is 6.22. The fourth-order valence-corrected chi connectivity index (χ4v) is 5.15. The number of nitrogens with zero attached hydrogens (tertiary/aromatic N) is 7. The molecule has 1 aliphatic heterocycles. The van der Waals surface area contributed by atoms with Crippen molar-refractivity contribution in [3.05, 3.63) is 78.6 Å². The molecule has 0 radical (unpaired) electrons. The summed E-state index contributed by atoms with van der Waals surface area (Å²) in [4.78, 5) is 51.1. The van der Waals surface area contributed by atoms with Crippen molar-refractivity contribution in [3.63, 3.8) is 0 Å². The first-order valence-corrected chi connectivity index (χ1v) is 14.5. The minimum atomic E-state index is -0.609. The van der Waals surface area contributed by atoms with Crippen molar-refractivity contribution < 1.29 is 14.3 Å². The summed E-state index contributed by atoms with van der Waals surface area (Å²) in [6, 6.07) is 15.3. The highest BCUT2D eigenvalue weighted by molar-refractivity contribution is 5.96. The van der Waals surface area contributed by atoms with Gasteiger partial charge in [-0.05, 0) is 38.6 Å². The van der Waals surface area contributed by atoms with E-state index in [0.29, 0.717) is 16.7 Å². The van der Waals surface area contributed by atoms with Crippen LogP contribution in [0, 0.1) is 0 Å². The lowest BCUT2D eigenvalue weighted by atomic mass is 10.1. The Labute approximate surface area is 254 Å². The van der Waals surface area contributed by atoms with E-state index in [1.54, 1.807) is 30.3 Å². The first-order chi connectivity index (χ1) is 21.4. The van der Waals surface area contributed by atoms with E-state index in [1.807, 2.05) is 55.5 Å². The molecule has 5 aromatic rings. The zero-order valence-corrected chi connectivity index (χ0v) is 24.8. The molecule has 13 heteroatoms. The van der Waals surface area contributed by atoms with E-state index in [1.165, 1.54) is 0 Å². The zero-order chi connectivity index (χ0) is 30.6. The summed E-state index contributed by atoms with van der Waals surface area (Å²) in [6.45, 7) is 7.52. The van der Waals surface area contributed by atoms with E-state index in [-0.39, 0.29) is 30.2 Å². The Morgan fingerprint density at radius 1 is 1.05 bits per heavy atom. The lowest BCUT2D eigenvalue weighted by Gasteiger charge is -2.33. The van der Waals surface area contributed by atoms with Gasteiger partial charge in [0, 0.05) is 49.7 Å². The number of carbonyl (C=O) groups is 2. The van der Waals surface area contributed by atoms with Crippen LogP contribution in [0.4, 0.5) is 16.6 Å². The van der Waals surface area contributed by atoms with Gasteiger partial charge in [0.1, 0.15) is 29.7 Å². The molecular weight excluding hydrogens is 560 g/mol. The number of aromatic amines is 1. The number of amides is 2. The van der Waals surface area contributed by atoms with Gasteiger partial charge in [0.05, 0.1) is 23.9 Å². The Kier molecular flexibility index (Phi) is 8.19. The van der Waals surface area contributed by atoms with Crippen LogP contribution in [0.3, 0.4) is 0 Å². The van der Waals surface area contributed by atoms with Gasteiger partial charge in [-0.3, -0.25) is 10.1 Å². The standard InChI is InChI=1S/C31H34N10O3/c1-4-44-31(43)38-30-36-25-15-22(41-17-26(34-19-41)29(42)35-20(2)21-8-6-5-7-9-21)14-23(28(25)37-30)24-16-27(33-18-32-24)40-12-10-39(3)11-13-40/h5-9,14-20H,4,10-13H2,1-3H3,(H,35,42)(H2,36,37,38,43)/t20-/m0/s1. The molecule has 0 saturated carbocycles. The molecule has 0 spiro atoms. The molecule has 2 amide bonds. The summed E-state index contributed by atoms with van der Waals surface area (Å²) in [6.07, 6.45) is 4.22. The minimum absolute atomic E-state index is 0.181. The fraction of sp³-hybridized carbons (Fsp3) is 0.290. The zero-order valence-electron chi connectivity index (χ0n) is 24.8. The summed E-state index contributed by atoms with van der Waals surface area (Å²) >= 11 is 0. The first kappa shape index (κ1) is 28.8. The van der Waals surface area contributed by atoms with Crippen molar-refractivity contribution in [2.45, 2.75) is 19.9 Å². The van der Waals surface area contributed by atoms with Crippen LogP contribution < -0.4 is 15.5 Å². The molecule has 2 aromatic carbocycles. The molecular formula is C31H34N10O3. The molecule has 4 heterocycles. The van der Waals surface area contributed by atoms with Gasteiger partial charge in [0.2, 0.25) is 5.95 Å². The van der Waals surface area contributed by atoms with Crippen LogP contribution in [0.2, 0.25) is 0 Å². The fourth-order valence-electron chi connectivity index (χ4n) is 5.15. The molecule has 6 rings (SSSR count). The molecule has 226 valence electrons. The van der Waals surface area contributed by atoms with Gasteiger partial charge in [0.15, 0.2) is 0 Å². The van der Waals surface area contributed by atoms with E-state index in [2.05, 4.69) is 52.4 Å². The lowest BCUT2D eigenvalue weighted by molar-refractivity contribution is 0.0935. The largest absolute Gasteiger partial charge is 0.450 e. The number of aromatic nitrogens is 6. The number of hydrogen-bond acceptors (Lipinski definition) is 9. The maximum Gasteiger partial charge on any atom is 0.413 e. The van der Waals surface area contributed by atoms with E-state index < -0.39 is 6.09 Å². The number of nitrogens with one attached hydrogen (secondary N) is 3. The predicted octanol–water partition coefficient (Wildman–Crippen LogP) is 4.02. The van der Waals surface area contributed by atoms with Crippen molar-refractivity contribution >= 4 is 34.8 Å². The monoisotopic (exact) mass is 594 g/mol. The number of anilines is 2. The van der Waals surface area contributed by atoms with E-state index in [4.69, 9.17) is 4.74 Å². The summed E-state index contributed by atoms with van der Waals surface area (Å²) in [7, 11) is 2.11. The number of likely N-dealkylation sites (N-methyl/N-ethyl adjacent to an activating group) is 1. The number of H-pyrrole nitrogens is 1. The lowest BCUT2D eigenvalue weighted by Crippen LogP contribution is -2.44. The minimum Gasteiger partial charge on any atom is -0.450 e. The Morgan fingerprint density at radius 3 is 2.61 bits per heavy atom. The summed E-state index contributed by atoms with van der Waals surface area (Å²) in [5.41, 5.74) is 4.66. The highest BCUT2D eigenvalue weighted by Crippen LogP contribution is 2.32. The number of ether oxygens (including phenoxy) is 1. The number of benzene rings is 2. The maximum atomic E-state index is 13.1. The second-order valence-electron chi connectivity index (χ2n) is 10.6. The van der Waals surface area contributed by atoms with Gasteiger partial charge < -0.3 is 29.4 Å². The average molecular weight is 595 g/mol. The molecule has 1 aliphatic rings. The summed E-state index contributed by atoms with van der Waals surface area (Å²) < 4.78 is 6.80. The number of fused-ring (bicyclic) bond motifs is 1. The van der Waals surface area contributed by atoms with Crippen molar-refractivity contribution in [3.8, 4) is 16.9 Å². The Bertz CT molecular complexity index is 1780. The Balaban J connectivity index is 1.35. The van der Waals surface area contributed by atoms with Crippen molar-refractivity contribution in [1.29, 1.82) is 0 Å². The van der Waals surface area contributed by atoms with E-state index in [0.717, 1.165) is 48.8 Å². The number of rotatable bonds is 8. The van der Waals surface area contributed by atoms with Gasteiger partial charge >= 0.3 is 6.09 Å². The van der Waals surface area contributed by atoms with E-state index >= 15 is 0 Å². The van der Waals surface area contributed by atoms with Crippen LogP contribution >= 0.6 is 0 Å². The summed E-state index contributed by atoms with van der Waals surface area (Å²) in [5, 5.41) is 5.65. The van der Waals surface area contributed by atoms with Crippen LogP contribution in [0.25, 0.3) is 28.0 Å². The number of imidazole rings is 2. The number of carbonyl (C=O) groups excluding carboxylic acids is 2. The normalized spacial score (nSPS) is 14.4. The van der Waals surface area contributed by atoms with E-state index in [9.17, 15) is 9.59 Å². The molecule has 13 nitrogen and oxygen atoms in total. The third-order valence-electron chi connectivity index (χ3n) is 7.58. The van der Waals surface area contributed by atoms with Crippen LogP contribution in [-0.4, -0.2) is 86.2 Å². The number of piperazine rings is 1. The second kappa shape index (κ2) is 12.5. The second-order valence-corrected chi connectivity index (χ2v) is 10.6. The van der Waals surface area contributed by atoms with Crippen molar-refractivity contribution in [2.75, 3.05) is 50.1 Å². The third-order valence-corrected chi connectivity index (χ3v) is 7.58. The average Bonchev–Trinajstić information content (AvgIpc) is 3.69. The SMILES string of the molecule is CCOC(=O)Nc1nc2c(-c3cc(N4CCN(C)CC4)ncn3)cc(-n3cnc(C(=O)N[C@@H](C)c4ccccc4)c3)cc2[nH]1. The molecule has 1 saturated heterocycles. The van der Waals surface area contributed by atoms with Crippen molar-refractivity contribution in [2.24, 2.45) is 0 Å². The van der Waals surface area contributed by atoms with Gasteiger partial charge in [-0.2, -0.15) is 0 Å².